The van der Waals surface area contributed by atoms with Gasteiger partial charge in [0.2, 0.25) is 0 Å². The van der Waals surface area contributed by atoms with E-state index in [1.54, 1.807) is 17.9 Å². The monoisotopic (exact) mass is 273 g/mol. The van der Waals surface area contributed by atoms with Crippen LogP contribution in [-0.2, 0) is 7.05 Å². The van der Waals surface area contributed by atoms with Gasteiger partial charge in [0, 0.05) is 18.3 Å². The zero-order valence-electron chi connectivity index (χ0n) is 12.2. The molecule has 5 heteroatoms. The summed E-state index contributed by atoms with van der Waals surface area (Å²) in [7, 11) is 3.44. The SMILES string of the molecule is COc1ccccc1C(C)NC(=O)c1cc(C)n(C)n1. The van der Waals surface area contributed by atoms with E-state index >= 15 is 0 Å². The number of amides is 1. The summed E-state index contributed by atoms with van der Waals surface area (Å²) < 4.78 is 6.99. The number of rotatable bonds is 4. The van der Waals surface area contributed by atoms with E-state index in [9.17, 15) is 4.79 Å². The Morgan fingerprint density at radius 3 is 2.70 bits per heavy atom. The minimum absolute atomic E-state index is 0.152. The average Bonchev–Trinajstić information content (AvgIpc) is 2.78. The Balaban J connectivity index is 2.15. The first-order valence-electron chi connectivity index (χ1n) is 6.47. The van der Waals surface area contributed by atoms with E-state index in [4.69, 9.17) is 4.74 Å². The van der Waals surface area contributed by atoms with E-state index in [-0.39, 0.29) is 11.9 Å². The number of hydrogen-bond acceptors (Lipinski definition) is 3. The first kappa shape index (κ1) is 14.1. The summed E-state index contributed by atoms with van der Waals surface area (Å²) in [5, 5.41) is 7.11. The highest BCUT2D eigenvalue weighted by Crippen LogP contribution is 2.24. The van der Waals surface area contributed by atoms with Crippen LogP contribution in [-0.4, -0.2) is 22.8 Å². The number of benzene rings is 1. The maximum absolute atomic E-state index is 12.2. The predicted molar refractivity (Wildman–Crippen MR) is 76.8 cm³/mol. The molecule has 1 aromatic carbocycles. The Bertz CT molecular complexity index is 600. The lowest BCUT2D eigenvalue weighted by atomic mass is 10.1. The first-order chi connectivity index (χ1) is 9.52. The molecule has 2 aromatic rings. The molecule has 0 saturated carbocycles. The van der Waals surface area contributed by atoms with Crippen LogP contribution in [0.4, 0.5) is 0 Å². The quantitative estimate of drug-likeness (QED) is 0.929. The fourth-order valence-electron chi connectivity index (χ4n) is 2.04. The van der Waals surface area contributed by atoms with Gasteiger partial charge in [0.1, 0.15) is 11.4 Å². The van der Waals surface area contributed by atoms with E-state index in [0.29, 0.717) is 5.69 Å². The van der Waals surface area contributed by atoms with Gasteiger partial charge >= 0.3 is 0 Å². The minimum atomic E-state index is -0.188. The molecule has 1 heterocycles. The molecule has 1 amide bonds. The molecule has 0 radical (unpaired) electrons. The van der Waals surface area contributed by atoms with Gasteiger partial charge in [0.15, 0.2) is 0 Å². The topological polar surface area (TPSA) is 56.1 Å². The number of nitrogens with one attached hydrogen (secondary N) is 1. The Labute approximate surface area is 118 Å². The predicted octanol–water partition coefficient (Wildman–Crippen LogP) is 2.23. The summed E-state index contributed by atoms with van der Waals surface area (Å²) in [4.78, 5) is 12.2. The molecule has 5 nitrogen and oxygen atoms in total. The molecular weight excluding hydrogens is 254 g/mol. The molecule has 2 rings (SSSR count). The molecule has 1 unspecified atom stereocenters. The summed E-state index contributed by atoms with van der Waals surface area (Å²) in [5.41, 5.74) is 2.31. The third kappa shape index (κ3) is 2.82. The van der Waals surface area contributed by atoms with Crippen molar-refractivity contribution >= 4 is 5.91 Å². The third-order valence-electron chi connectivity index (χ3n) is 3.30. The molecule has 0 aliphatic rings. The first-order valence-corrected chi connectivity index (χ1v) is 6.47. The van der Waals surface area contributed by atoms with Crippen LogP contribution in [0.3, 0.4) is 0 Å². The van der Waals surface area contributed by atoms with Crippen molar-refractivity contribution in [2.24, 2.45) is 7.05 Å². The van der Waals surface area contributed by atoms with Crippen LogP contribution in [0.1, 0.15) is 34.7 Å². The van der Waals surface area contributed by atoms with E-state index in [1.165, 1.54) is 0 Å². The van der Waals surface area contributed by atoms with Gasteiger partial charge < -0.3 is 10.1 Å². The van der Waals surface area contributed by atoms with E-state index in [2.05, 4.69) is 10.4 Å². The van der Waals surface area contributed by atoms with Crippen LogP contribution in [0.5, 0.6) is 5.75 Å². The van der Waals surface area contributed by atoms with Gasteiger partial charge in [-0.25, -0.2) is 0 Å². The highest BCUT2D eigenvalue weighted by atomic mass is 16.5. The number of aromatic nitrogens is 2. The largest absolute Gasteiger partial charge is 0.496 e. The van der Waals surface area contributed by atoms with Gasteiger partial charge in [-0.15, -0.1) is 0 Å². The lowest BCUT2D eigenvalue weighted by Crippen LogP contribution is -2.27. The van der Waals surface area contributed by atoms with Crippen LogP contribution in [0.25, 0.3) is 0 Å². The Morgan fingerprint density at radius 1 is 1.40 bits per heavy atom. The number of para-hydroxylation sites is 1. The van der Waals surface area contributed by atoms with Crippen molar-refractivity contribution in [3.05, 3.63) is 47.3 Å². The maximum Gasteiger partial charge on any atom is 0.272 e. The van der Waals surface area contributed by atoms with Crippen molar-refractivity contribution in [2.75, 3.05) is 7.11 Å². The van der Waals surface area contributed by atoms with Gasteiger partial charge in [-0.3, -0.25) is 9.48 Å². The third-order valence-corrected chi connectivity index (χ3v) is 3.30. The molecule has 0 spiro atoms. The van der Waals surface area contributed by atoms with Crippen molar-refractivity contribution < 1.29 is 9.53 Å². The van der Waals surface area contributed by atoms with E-state index in [1.807, 2.05) is 45.2 Å². The van der Waals surface area contributed by atoms with Crippen molar-refractivity contribution in [3.8, 4) is 5.75 Å². The van der Waals surface area contributed by atoms with Gasteiger partial charge in [-0.1, -0.05) is 18.2 Å². The Kier molecular flexibility index (Phi) is 4.08. The maximum atomic E-state index is 12.2. The minimum Gasteiger partial charge on any atom is -0.496 e. The van der Waals surface area contributed by atoms with Gasteiger partial charge in [-0.2, -0.15) is 5.10 Å². The summed E-state index contributed by atoms with van der Waals surface area (Å²) in [6, 6.07) is 9.26. The normalized spacial score (nSPS) is 12.0. The number of ether oxygens (including phenoxy) is 1. The molecule has 0 aliphatic heterocycles. The summed E-state index contributed by atoms with van der Waals surface area (Å²) in [6.45, 7) is 3.83. The zero-order chi connectivity index (χ0) is 14.7. The van der Waals surface area contributed by atoms with Crippen molar-refractivity contribution in [3.63, 3.8) is 0 Å². The second-order valence-corrected chi connectivity index (χ2v) is 4.73. The molecular formula is C15H19N3O2. The fourth-order valence-corrected chi connectivity index (χ4v) is 2.04. The summed E-state index contributed by atoms with van der Waals surface area (Å²) in [6.07, 6.45) is 0. The average molecular weight is 273 g/mol. The number of methoxy groups -OCH3 is 1. The van der Waals surface area contributed by atoms with Crippen LogP contribution in [0, 0.1) is 6.92 Å². The molecule has 0 bridgehead atoms. The number of carbonyl (C=O) groups is 1. The highest BCUT2D eigenvalue weighted by molar-refractivity contribution is 5.92. The lowest BCUT2D eigenvalue weighted by molar-refractivity contribution is 0.0933. The molecule has 0 aliphatic carbocycles. The zero-order valence-corrected chi connectivity index (χ0v) is 12.2. The van der Waals surface area contributed by atoms with Crippen molar-refractivity contribution in [1.82, 2.24) is 15.1 Å². The van der Waals surface area contributed by atoms with Crippen LogP contribution < -0.4 is 10.1 Å². The molecule has 20 heavy (non-hydrogen) atoms. The van der Waals surface area contributed by atoms with Crippen molar-refractivity contribution in [1.29, 1.82) is 0 Å². The molecule has 1 atom stereocenters. The number of carbonyl (C=O) groups excluding carboxylic acids is 1. The molecule has 106 valence electrons. The van der Waals surface area contributed by atoms with Gasteiger partial charge in [-0.05, 0) is 26.0 Å². The smallest absolute Gasteiger partial charge is 0.272 e. The molecule has 0 saturated heterocycles. The number of aryl methyl sites for hydroxylation is 2. The van der Waals surface area contributed by atoms with E-state index < -0.39 is 0 Å². The second kappa shape index (κ2) is 5.77. The van der Waals surface area contributed by atoms with Crippen LogP contribution >= 0.6 is 0 Å². The lowest BCUT2D eigenvalue weighted by Gasteiger charge is -2.16. The number of hydrogen-bond donors (Lipinski definition) is 1. The van der Waals surface area contributed by atoms with E-state index in [0.717, 1.165) is 17.0 Å². The Hall–Kier alpha value is -2.30. The van der Waals surface area contributed by atoms with Crippen LogP contribution in [0.2, 0.25) is 0 Å². The molecule has 1 aromatic heterocycles. The molecule has 0 fully saturated rings. The van der Waals surface area contributed by atoms with Crippen molar-refractivity contribution in [2.45, 2.75) is 19.9 Å². The van der Waals surface area contributed by atoms with Gasteiger partial charge in [0.25, 0.3) is 5.91 Å². The Morgan fingerprint density at radius 2 is 2.10 bits per heavy atom. The molecule has 1 N–H and O–H groups in total. The summed E-state index contributed by atoms with van der Waals surface area (Å²) in [5.74, 6) is 0.574. The summed E-state index contributed by atoms with van der Waals surface area (Å²) >= 11 is 0. The standard InChI is InChI=1S/C15H19N3O2/c1-10-9-13(17-18(10)3)15(19)16-11(2)12-7-5-6-8-14(12)20-4/h5-9,11H,1-4H3,(H,16,19). The van der Waals surface area contributed by atoms with Gasteiger partial charge in [0.05, 0.1) is 13.2 Å². The number of nitrogens with zero attached hydrogens (tertiary/aromatic N) is 2. The highest BCUT2D eigenvalue weighted by Gasteiger charge is 2.16. The fraction of sp³-hybridized carbons (Fsp3) is 0.333. The van der Waals surface area contributed by atoms with Crippen LogP contribution in [0.15, 0.2) is 30.3 Å². The second-order valence-electron chi connectivity index (χ2n) is 4.73.